The molecule has 1 aromatic rings. The van der Waals surface area contributed by atoms with Gasteiger partial charge in [-0.2, -0.15) is 0 Å². The van der Waals surface area contributed by atoms with Crippen LogP contribution in [0.1, 0.15) is 49.0 Å². The minimum atomic E-state index is -0.657. The fraction of sp³-hybridized carbons (Fsp3) is 0.565. The summed E-state index contributed by atoms with van der Waals surface area (Å²) in [6, 6.07) is 4.57. The van der Waals surface area contributed by atoms with E-state index in [0.29, 0.717) is 50.5 Å². The highest BCUT2D eigenvalue weighted by Gasteiger charge is 2.39. The molecule has 178 valence electrons. The Bertz CT molecular complexity index is 950. The number of fused-ring (bicyclic) bond motifs is 1. The molecular formula is C23H29N3O7. The highest BCUT2D eigenvalue weighted by molar-refractivity contribution is 6.05. The second-order valence-electron chi connectivity index (χ2n) is 8.38. The van der Waals surface area contributed by atoms with Gasteiger partial charge in [0.15, 0.2) is 0 Å². The highest BCUT2D eigenvalue weighted by atomic mass is 16.6. The third-order valence-corrected chi connectivity index (χ3v) is 6.10. The second kappa shape index (κ2) is 9.78. The van der Waals surface area contributed by atoms with Gasteiger partial charge < -0.3 is 24.0 Å². The molecule has 4 amide bonds. The minimum absolute atomic E-state index is 0.155. The number of rotatable bonds is 6. The van der Waals surface area contributed by atoms with Crippen molar-refractivity contribution in [3.63, 3.8) is 0 Å². The van der Waals surface area contributed by atoms with Gasteiger partial charge in [-0.15, -0.1) is 0 Å². The van der Waals surface area contributed by atoms with E-state index in [-0.39, 0.29) is 37.0 Å². The van der Waals surface area contributed by atoms with Crippen LogP contribution in [0.15, 0.2) is 18.2 Å². The molecule has 0 aliphatic carbocycles. The average molecular weight is 459 g/mol. The number of benzene rings is 1. The quantitative estimate of drug-likeness (QED) is 0.641. The molecule has 2 fully saturated rings. The van der Waals surface area contributed by atoms with Gasteiger partial charge in [0.25, 0.3) is 5.91 Å². The zero-order valence-electron chi connectivity index (χ0n) is 18.9. The van der Waals surface area contributed by atoms with Crippen LogP contribution in [0.3, 0.4) is 0 Å². The molecule has 0 radical (unpaired) electrons. The lowest BCUT2D eigenvalue weighted by atomic mass is 10.0. The average Bonchev–Trinajstić information content (AvgIpc) is 3.09. The van der Waals surface area contributed by atoms with Crippen molar-refractivity contribution in [2.75, 3.05) is 26.3 Å². The Labute approximate surface area is 192 Å². The number of piperidine rings is 2. The van der Waals surface area contributed by atoms with Crippen molar-refractivity contribution in [2.45, 2.75) is 57.9 Å². The molecule has 3 atom stereocenters. The standard InChI is InChI=1S/C23H29N3O7/c1-3-31-16-10-17(13-25(12-16)23(30)32-4-2)33-15-5-6-18-14(9-15)11-26(22(18)29)19-7-8-20(27)24-21(19)28/h5-6,9,16-17,19H,3-4,7-8,10-13H2,1-2H3,(H,24,27,28)/t16-,17-,19?/m1/s1. The van der Waals surface area contributed by atoms with Gasteiger partial charge in [-0.1, -0.05) is 0 Å². The summed E-state index contributed by atoms with van der Waals surface area (Å²) in [4.78, 5) is 51.9. The molecule has 3 heterocycles. The first-order valence-electron chi connectivity index (χ1n) is 11.4. The number of ether oxygens (including phenoxy) is 3. The first-order valence-corrected chi connectivity index (χ1v) is 11.4. The fourth-order valence-electron chi connectivity index (χ4n) is 4.63. The molecule has 3 aliphatic rings. The first kappa shape index (κ1) is 23.0. The molecule has 0 bridgehead atoms. The van der Waals surface area contributed by atoms with Crippen LogP contribution in [0.2, 0.25) is 0 Å². The first-order chi connectivity index (χ1) is 15.9. The molecule has 1 aromatic carbocycles. The smallest absolute Gasteiger partial charge is 0.409 e. The molecule has 1 unspecified atom stereocenters. The van der Waals surface area contributed by atoms with Crippen LogP contribution in [-0.2, 0) is 25.6 Å². The van der Waals surface area contributed by atoms with Crippen LogP contribution in [0, 0.1) is 0 Å². The predicted molar refractivity (Wildman–Crippen MR) is 116 cm³/mol. The van der Waals surface area contributed by atoms with Crippen molar-refractivity contribution >= 4 is 23.8 Å². The molecule has 1 N–H and O–H groups in total. The molecule has 4 rings (SSSR count). The second-order valence-corrected chi connectivity index (χ2v) is 8.38. The van der Waals surface area contributed by atoms with Gasteiger partial charge in [0.1, 0.15) is 17.9 Å². The van der Waals surface area contributed by atoms with E-state index in [9.17, 15) is 19.2 Å². The van der Waals surface area contributed by atoms with Crippen LogP contribution < -0.4 is 10.1 Å². The van der Waals surface area contributed by atoms with E-state index in [1.54, 1.807) is 30.0 Å². The van der Waals surface area contributed by atoms with Crippen LogP contribution in [0.4, 0.5) is 4.79 Å². The Kier molecular flexibility index (Phi) is 6.83. The molecular weight excluding hydrogens is 430 g/mol. The predicted octanol–water partition coefficient (Wildman–Crippen LogP) is 1.46. The van der Waals surface area contributed by atoms with Crippen LogP contribution in [0.5, 0.6) is 5.75 Å². The number of carbonyl (C=O) groups excluding carboxylic acids is 4. The zero-order valence-corrected chi connectivity index (χ0v) is 18.9. The van der Waals surface area contributed by atoms with Gasteiger partial charge >= 0.3 is 6.09 Å². The van der Waals surface area contributed by atoms with Gasteiger partial charge in [0.05, 0.1) is 25.8 Å². The highest BCUT2D eigenvalue weighted by Crippen LogP contribution is 2.31. The SMILES string of the molecule is CCOC(=O)N1C[C@H](OCC)C[C@@H](Oc2ccc3c(c2)CN(C2CCC(=O)NC2=O)C3=O)C1. The molecule has 0 aromatic heterocycles. The number of hydrogen-bond donors (Lipinski definition) is 1. The summed E-state index contributed by atoms with van der Waals surface area (Å²) in [6.07, 6.45) is 0.318. The Morgan fingerprint density at radius 3 is 2.64 bits per heavy atom. The summed E-state index contributed by atoms with van der Waals surface area (Å²) < 4.78 is 17.1. The molecule has 0 saturated carbocycles. The third-order valence-electron chi connectivity index (χ3n) is 6.10. The van der Waals surface area contributed by atoms with E-state index >= 15 is 0 Å². The lowest BCUT2D eigenvalue weighted by Crippen LogP contribution is -2.52. The van der Waals surface area contributed by atoms with E-state index in [0.717, 1.165) is 5.56 Å². The molecule has 10 heteroatoms. The van der Waals surface area contributed by atoms with Crippen molar-refractivity contribution in [1.29, 1.82) is 0 Å². The van der Waals surface area contributed by atoms with E-state index in [4.69, 9.17) is 14.2 Å². The summed E-state index contributed by atoms with van der Waals surface area (Å²) in [7, 11) is 0. The van der Waals surface area contributed by atoms with E-state index < -0.39 is 18.0 Å². The van der Waals surface area contributed by atoms with E-state index in [2.05, 4.69) is 5.32 Å². The summed E-state index contributed by atoms with van der Waals surface area (Å²) in [5.74, 6) is -0.399. The van der Waals surface area contributed by atoms with Crippen LogP contribution in [0.25, 0.3) is 0 Å². The largest absolute Gasteiger partial charge is 0.488 e. The molecule has 33 heavy (non-hydrogen) atoms. The van der Waals surface area contributed by atoms with Crippen molar-refractivity contribution in [3.8, 4) is 5.75 Å². The third kappa shape index (κ3) is 4.95. The normalized spacial score (nSPS) is 25.0. The summed E-state index contributed by atoms with van der Waals surface area (Å²) in [6.45, 7) is 5.60. The lowest BCUT2D eigenvalue weighted by molar-refractivity contribution is -0.136. The number of nitrogens with zero attached hydrogens (tertiary/aromatic N) is 2. The van der Waals surface area contributed by atoms with Crippen molar-refractivity contribution in [3.05, 3.63) is 29.3 Å². The van der Waals surface area contributed by atoms with Gasteiger partial charge in [-0.25, -0.2) is 4.79 Å². The Morgan fingerprint density at radius 2 is 1.91 bits per heavy atom. The fourth-order valence-corrected chi connectivity index (χ4v) is 4.63. The number of nitrogens with one attached hydrogen (secondary N) is 1. The van der Waals surface area contributed by atoms with Crippen LogP contribution in [-0.4, -0.2) is 78.2 Å². The Balaban J connectivity index is 1.45. The van der Waals surface area contributed by atoms with Crippen LogP contribution >= 0.6 is 0 Å². The maximum atomic E-state index is 12.9. The van der Waals surface area contributed by atoms with E-state index in [1.807, 2.05) is 6.92 Å². The summed E-state index contributed by atoms with van der Waals surface area (Å²) >= 11 is 0. The molecule has 3 aliphatic heterocycles. The maximum absolute atomic E-state index is 12.9. The topological polar surface area (TPSA) is 114 Å². The summed E-state index contributed by atoms with van der Waals surface area (Å²) in [5.41, 5.74) is 1.29. The number of carbonyl (C=O) groups is 4. The zero-order chi connectivity index (χ0) is 23.5. The number of imide groups is 1. The van der Waals surface area contributed by atoms with Gasteiger partial charge in [0.2, 0.25) is 11.8 Å². The van der Waals surface area contributed by atoms with Crippen molar-refractivity contribution < 1.29 is 33.4 Å². The number of amides is 4. The molecule has 10 nitrogen and oxygen atoms in total. The summed E-state index contributed by atoms with van der Waals surface area (Å²) in [5, 5.41) is 2.31. The molecule has 0 spiro atoms. The van der Waals surface area contributed by atoms with Crippen molar-refractivity contribution in [2.24, 2.45) is 0 Å². The lowest BCUT2D eigenvalue weighted by Gasteiger charge is -2.36. The maximum Gasteiger partial charge on any atom is 0.409 e. The van der Waals surface area contributed by atoms with Gasteiger partial charge in [-0.3, -0.25) is 19.7 Å². The number of hydrogen-bond acceptors (Lipinski definition) is 7. The Morgan fingerprint density at radius 1 is 1.12 bits per heavy atom. The van der Waals surface area contributed by atoms with Crippen molar-refractivity contribution in [1.82, 2.24) is 15.1 Å². The minimum Gasteiger partial charge on any atom is -0.488 e. The van der Waals surface area contributed by atoms with E-state index in [1.165, 1.54) is 4.90 Å². The van der Waals surface area contributed by atoms with Gasteiger partial charge in [-0.05, 0) is 44.0 Å². The monoisotopic (exact) mass is 459 g/mol. The van der Waals surface area contributed by atoms with Gasteiger partial charge in [0, 0.05) is 31.6 Å². The number of likely N-dealkylation sites (tertiary alicyclic amines) is 1. The molecule has 2 saturated heterocycles. The Hall–Kier alpha value is -3.14.